The molecule has 0 spiro atoms. The number of amides is 2. The number of benzene rings is 3. The van der Waals surface area contributed by atoms with Gasteiger partial charge in [0.25, 0.3) is 11.8 Å². The van der Waals surface area contributed by atoms with E-state index in [4.69, 9.17) is 4.74 Å². The highest BCUT2D eigenvalue weighted by molar-refractivity contribution is 6.05. The van der Waals surface area contributed by atoms with Gasteiger partial charge in [-0.15, -0.1) is 0 Å². The Kier molecular flexibility index (Phi) is 6.47. The molecule has 0 fully saturated rings. The fourth-order valence-corrected chi connectivity index (χ4v) is 2.80. The van der Waals surface area contributed by atoms with Crippen LogP contribution in [-0.2, 0) is 4.79 Å². The third-order valence-electron chi connectivity index (χ3n) is 4.51. The maximum Gasteiger partial charge on any atom is 0.265 e. The van der Waals surface area contributed by atoms with E-state index in [-0.39, 0.29) is 17.6 Å². The monoisotopic (exact) mass is 406 g/mol. The summed E-state index contributed by atoms with van der Waals surface area (Å²) in [5, 5.41) is 5.46. The van der Waals surface area contributed by atoms with Crippen molar-refractivity contribution >= 4 is 23.2 Å². The molecule has 0 heterocycles. The van der Waals surface area contributed by atoms with Crippen molar-refractivity contribution in [2.24, 2.45) is 0 Å². The Morgan fingerprint density at radius 2 is 1.63 bits per heavy atom. The number of halogens is 1. The average Bonchev–Trinajstić information content (AvgIpc) is 2.72. The summed E-state index contributed by atoms with van der Waals surface area (Å²) in [7, 11) is 0. The van der Waals surface area contributed by atoms with Gasteiger partial charge in [0.15, 0.2) is 6.10 Å². The first-order chi connectivity index (χ1) is 14.3. The van der Waals surface area contributed by atoms with Gasteiger partial charge in [-0.2, -0.15) is 0 Å². The molecule has 154 valence electrons. The number of rotatable bonds is 6. The molecule has 0 radical (unpaired) electrons. The maximum absolute atomic E-state index is 13.0. The van der Waals surface area contributed by atoms with Crippen LogP contribution in [0.4, 0.5) is 15.8 Å². The molecule has 6 heteroatoms. The minimum atomic E-state index is -0.720. The second-order valence-corrected chi connectivity index (χ2v) is 7.06. The fraction of sp³-hybridized carbons (Fsp3) is 0.167. The van der Waals surface area contributed by atoms with Crippen molar-refractivity contribution < 1.29 is 18.7 Å². The Morgan fingerprint density at radius 1 is 0.900 bits per heavy atom. The summed E-state index contributed by atoms with van der Waals surface area (Å²) in [6.45, 7) is 5.55. The largest absolute Gasteiger partial charge is 0.481 e. The number of carbonyl (C=O) groups is 2. The zero-order valence-electron chi connectivity index (χ0n) is 17.0. The molecule has 0 saturated carbocycles. The molecule has 0 aliphatic rings. The first-order valence-electron chi connectivity index (χ1n) is 9.53. The fourth-order valence-electron chi connectivity index (χ4n) is 2.80. The first kappa shape index (κ1) is 21.0. The molecule has 0 aliphatic heterocycles. The molecule has 30 heavy (non-hydrogen) atoms. The standard InChI is InChI=1S/C24H23FN2O3/c1-15-7-8-16(2)22(13-15)30-17(3)23(28)27-21-6-4-5-18(14-21)24(29)26-20-11-9-19(25)10-12-20/h4-14,17H,1-3H3,(H,26,29)(H,27,28). The van der Waals surface area contributed by atoms with E-state index < -0.39 is 6.10 Å². The number of anilines is 2. The molecular weight excluding hydrogens is 383 g/mol. The van der Waals surface area contributed by atoms with Crippen LogP contribution >= 0.6 is 0 Å². The van der Waals surface area contributed by atoms with Crippen LogP contribution in [0.25, 0.3) is 0 Å². The SMILES string of the molecule is Cc1ccc(C)c(OC(C)C(=O)Nc2cccc(C(=O)Nc3ccc(F)cc3)c2)c1. The Labute approximate surface area is 174 Å². The van der Waals surface area contributed by atoms with Crippen molar-refractivity contribution in [3.05, 3.63) is 89.2 Å². The highest BCUT2D eigenvalue weighted by atomic mass is 19.1. The molecule has 1 unspecified atom stereocenters. The number of carbonyl (C=O) groups excluding carboxylic acids is 2. The third kappa shape index (κ3) is 5.44. The summed E-state index contributed by atoms with van der Waals surface area (Å²) in [5.74, 6) is -0.413. The van der Waals surface area contributed by atoms with E-state index >= 15 is 0 Å². The minimum Gasteiger partial charge on any atom is -0.481 e. The summed E-state index contributed by atoms with van der Waals surface area (Å²) in [6, 6.07) is 17.9. The van der Waals surface area contributed by atoms with Gasteiger partial charge in [-0.3, -0.25) is 9.59 Å². The maximum atomic E-state index is 13.0. The number of ether oxygens (including phenoxy) is 1. The summed E-state index contributed by atoms with van der Waals surface area (Å²) in [4.78, 5) is 25.0. The molecule has 0 aliphatic carbocycles. The summed E-state index contributed by atoms with van der Waals surface area (Å²) < 4.78 is 18.8. The predicted molar refractivity (Wildman–Crippen MR) is 115 cm³/mol. The van der Waals surface area contributed by atoms with Crippen LogP contribution in [0.2, 0.25) is 0 Å². The molecule has 3 aromatic rings. The number of hydrogen-bond acceptors (Lipinski definition) is 3. The summed E-state index contributed by atoms with van der Waals surface area (Å²) >= 11 is 0. The number of aryl methyl sites for hydroxylation is 2. The second kappa shape index (κ2) is 9.22. The van der Waals surface area contributed by atoms with Crippen LogP contribution in [0.5, 0.6) is 5.75 Å². The van der Waals surface area contributed by atoms with Gasteiger partial charge in [-0.25, -0.2) is 4.39 Å². The molecule has 5 nitrogen and oxygen atoms in total. The van der Waals surface area contributed by atoms with E-state index in [9.17, 15) is 14.0 Å². The van der Waals surface area contributed by atoms with Crippen molar-refractivity contribution in [1.82, 2.24) is 0 Å². The van der Waals surface area contributed by atoms with Gasteiger partial charge in [-0.1, -0.05) is 18.2 Å². The van der Waals surface area contributed by atoms with Crippen molar-refractivity contribution in [3.8, 4) is 5.75 Å². The Hall–Kier alpha value is -3.67. The van der Waals surface area contributed by atoms with Gasteiger partial charge in [-0.05, 0) is 80.4 Å². The van der Waals surface area contributed by atoms with Crippen molar-refractivity contribution in [3.63, 3.8) is 0 Å². The van der Waals surface area contributed by atoms with E-state index in [1.165, 1.54) is 24.3 Å². The van der Waals surface area contributed by atoms with Gasteiger partial charge in [0.1, 0.15) is 11.6 Å². The molecular formula is C24H23FN2O3. The molecule has 2 amide bonds. The minimum absolute atomic E-state index is 0.327. The smallest absolute Gasteiger partial charge is 0.265 e. The average molecular weight is 406 g/mol. The summed E-state index contributed by atoms with van der Waals surface area (Å²) in [5.41, 5.74) is 3.30. The van der Waals surface area contributed by atoms with Gasteiger partial charge in [0, 0.05) is 16.9 Å². The van der Waals surface area contributed by atoms with Crippen molar-refractivity contribution in [1.29, 1.82) is 0 Å². The lowest BCUT2D eigenvalue weighted by molar-refractivity contribution is -0.122. The van der Waals surface area contributed by atoms with Gasteiger partial charge in [0.2, 0.25) is 0 Å². The Balaban J connectivity index is 1.65. The van der Waals surface area contributed by atoms with Gasteiger partial charge in [0.05, 0.1) is 0 Å². The predicted octanol–water partition coefficient (Wildman–Crippen LogP) is 5.10. The van der Waals surface area contributed by atoms with Gasteiger partial charge < -0.3 is 15.4 Å². The highest BCUT2D eigenvalue weighted by Crippen LogP contribution is 2.21. The van der Waals surface area contributed by atoms with Crippen LogP contribution in [-0.4, -0.2) is 17.9 Å². The molecule has 0 aromatic heterocycles. The Bertz CT molecular complexity index is 1060. The van der Waals surface area contributed by atoms with Crippen molar-refractivity contribution in [2.75, 3.05) is 10.6 Å². The Morgan fingerprint density at radius 3 is 2.37 bits per heavy atom. The van der Waals surface area contributed by atoms with Crippen LogP contribution in [0, 0.1) is 19.7 Å². The lowest BCUT2D eigenvalue weighted by Gasteiger charge is -2.17. The number of hydrogen-bond donors (Lipinski definition) is 2. The molecule has 3 rings (SSSR count). The zero-order chi connectivity index (χ0) is 21.7. The molecule has 2 N–H and O–H groups in total. The van der Waals surface area contributed by atoms with Crippen LogP contribution < -0.4 is 15.4 Å². The quantitative estimate of drug-likeness (QED) is 0.598. The second-order valence-electron chi connectivity index (χ2n) is 7.06. The zero-order valence-corrected chi connectivity index (χ0v) is 17.0. The lowest BCUT2D eigenvalue weighted by Crippen LogP contribution is -2.30. The number of nitrogens with one attached hydrogen (secondary N) is 2. The molecule has 3 aromatic carbocycles. The molecule has 1 atom stereocenters. The van der Waals surface area contributed by atoms with Crippen LogP contribution in [0.1, 0.15) is 28.4 Å². The lowest BCUT2D eigenvalue weighted by atomic mass is 10.1. The van der Waals surface area contributed by atoms with Crippen LogP contribution in [0.3, 0.4) is 0 Å². The molecule has 0 saturated heterocycles. The highest BCUT2D eigenvalue weighted by Gasteiger charge is 2.17. The van der Waals surface area contributed by atoms with E-state index in [0.717, 1.165) is 11.1 Å². The van der Waals surface area contributed by atoms with E-state index in [1.54, 1.807) is 31.2 Å². The topological polar surface area (TPSA) is 67.4 Å². The third-order valence-corrected chi connectivity index (χ3v) is 4.51. The molecule has 0 bridgehead atoms. The van der Waals surface area contributed by atoms with E-state index in [0.29, 0.717) is 22.7 Å². The van der Waals surface area contributed by atoms with Crippen molar-refractivity contribution in [2.45, 2.75) is 26.9 Å². The van der Waals surface area contributed by atoms with Crippen LogP contribution in [0.15, 0.2) is 66.7 Å². The first-order valence-corrected chi connectivity index (χ1v) is 9.53. The van der Waals surface area contributed by atoms with Gasteiger partial charge >= 0.3 is 0 Å². The van der Waals surface area contributed by atoms with E-state index in [2.05, 4.69) is 10.6 Å². The van der Waals surface area contributed by atoms with E-state index in [1.807, 2.05) is 32.0 Å². The summed E-state index contributed by atoms with van der Waals surface area (Å²) in [6.07, 6.45) is -0.720. The normalized spacial score (nSPS) is 11.5.